The lowest BCUT2D eigenvalue weighted by molar-refractivity contribution is -0.114. The van der Waals surface area contributed by atoms with Gasteiger partial charge in [-0.3, -0.25) is 4.79 Å². The number of benzene rings is 1. The summed E-state index contributed by atoms with van der Waals surface area (Å²) >= 11 is 3.39. The molecule has 0 saturated heterocycles. The van der Waals surface area contributed by atoms with Crippen molar-refractivity contribution >= 4 is 27.5 Å². The highest BCUT2D eigenvalue weighted by Gasteiger charge is 2.04. The third kappa shape index (κ3) is 3.55. The minimum atomic E-state index is -0.0697. The summed E-state index contributed by atoms with van der Waals surface area (Å²) in [5.41, 5.74) is 1.82. The standard InChI is InChI=1S/C11H14BrNO2/c1-3-15-11-5-4-10(13-8(2)14)6-9(11)7-12/h4-6H,3,7H2,1-2H3,(H,13,14). The normalized spacial score (nSPS) is 9.80. The van der Waals surface area contributed by atoms with Crippen molar-refractivity contribution in [3.05, 3.63) is 23.8 Å². The van der Waals surface area contributed by atoms with Crippen LogP contribution >= 0.6 is 15.9 Å². The summed E-state index contributed by atoms with van der Waals surface area (Å²) in [7, 11) is 0. The number of rotatable bonds is 4. The maximum atomic E-state index is 10.9. The first-order chi connectivity index (χ1) is 7.17. The number of anilines is 1. The van der Waals surface area contributed by atoms with Crippen molar-refractivity contribution in [2.45, 2.75) is 19.2 Å². The van der Waals surface area contributed by atoms with Crippen LogP contribution in [0.3, 0.4) is 0 Å². The molecule has 0 spiro atoms. The van der Waals surface area contributed by atoms with E-state index in [4.69, 9.17) is 4.74 Å². The number of ether oxygens (including phenoxy) is 1. The van der Waals surface area contributed by atoms with Gasteiger partial charge >= 0.3 is 0 Å². The van der Waals surface area contributed by atoms with Crippen LogP contribution in [-0.2, 0) is 10.1 Å². The molecular formula is C11H14BrNO2. The summed E-state index contributed by atoms with van der Waals surface area (Å²) in [6.45, 7) is 4.07. The highest BCUT2D eigenvalue weighted by Crippen LogP contribution is 2.25. The first-order valence-electron chi connectivity index (χ1n) is 4.76. The molecular weight excluding hydrogens is 258 g/mol. The van der Waals surface area contributed by atoms with Gasteiger partial charge in [0.25, 0.3) is 0 Å². The van der Waals surface area contributed by atoms with Gasteiger partial charge in [-0.25, -0.2) is 0 Å². The molecule has 1 aromatic rings. The molecule has 0 aliphatic rings. The third-order valence-corrected chi connectivity index (χ3v) is 2.43. The van der Waals surface area contributed by atoms with E-state index in [9.17, 15) is 4.79 Å². The van der Waals surface area contributed by atoms with Crippen molar-refractivity contribution < 1.29 is 9.53 Å². The van der Waals surface area contributed by atoms with Crippen LogP contribution < -0.4 is 10.1 Å². The van der Waals surface area contributed by atoms with Crippen LogP contribution in [0.25, 0.3) is 0 Å². The first-order valence-corrected chi connectivity index (χ1v) is 5.88. The maximum absolute atomic E-state index is 10.9. The number of hydrogen-bond acceptors (Lipinski definition) is 2. The van der Waals surface area contributed by atoms with Crippen LogP contribution in [0.2, 0.25) is 0 Å². The summed E-state index contributed by atoms with van der Waals surface area (Å²) in [5.74, 6) is 0.781. The SMILES string of the molecule is CCOc1ccc(NC(C)=O)cc1CBr. The zero-order valence-corrected chi connectivity index (χ0v) is 10.4. The topological polar surface area (TPSA) is 38.3 Å². The number of nitrogens with one attached hydrogen (secondary N) is 1. The molecule has 82 valence electrons. The minimum absolute atomic E-state index is 0.0697. The molecule has 0 aliphatic carbocycles. The molecule has 0 unspecified atom stereocenters. The van der Waals surface area contributed by atoms with Gasteiger partial charge in [-0.2, -0.15) is 0 Å². The van der Waals surface area contributed by atoms with Crippen molar-refractivity contribution in [1.29, 1.82) is 0 Å². The van der Waals surface area contributed by atoms with Gasteiger partial charge in [-0.15, -0.1) is 0 Å². The number of alkyl halides is 1. The molecule has 15 heavy (non-hydrogen) atoms. The molecule has 1 N–H and O–H groups in total. The molecule has 0 bridgehead atoms. The summed E-state index contributed by atoms with van der Waals surface area (Å²) in [6.07, 6.45) is 0. The van der Waals surface area contributed by atoms with Crippen molar-refractivity contribution in [1.82, 2.24) is 0 Å². The van der Waals surface area contributed by atoms with Gasteiger partial charge in [-0.1, -0.05) is 15.9 Å². The molecule has 0 radical (unpaired) electrons. The van der Waals surface area contributed by atoms with Crippen LogP contribution in [0.1, 0.15) is 19.4 Å². The van der Waals surface area contributed by atoms with Crippen LogP contribution in [0, 0.1) is 0 Å². The van der Waals surface area contributed by atoms with Gasteiger partial charge in [0.15, 0.2) is 0 Å². The second-order valence-electron chi connectivity index (χ2n) is 3.07. The molecule has 0 heterocycles. The Morgan fingerprint density at radius 2 is 2.27 bits per heavy atom. The second kappa shape index (κ2) is 5.75. The zero-order chi connectivity index (χ0) is 11.3. The summed E-state index contributed by atoms with van der Waals surface area (Å²) in [6, 6.07) is 5.60. The first kappa shape index (κ1) is 12.0. The van der Waals surface area contributed by atoms with Crippen molar-refractivity contribution in [2.75, 3.05) is 11.9 Å². The van der Waals surface area contributed by atoms with Gasteiger partial charge in [-0.05, 0) is 25.1 Å². The van der Waals surface area contributed by atoms with E-state index in [0.29, 0.717) is 11.9 Å². The van der Waals surface area contributed by atoms with E-state index in [1.54, 1.807) is 0 Å². The fraction of sp³-hybridized carbons (Fsp3) is 0.364. The largest absolute Gasteiger partial charge is 0.494 e. The lowest BCUT2D eigenvalue weighted by Gasteiger charge is -2.10. The van der Waals surface area contributed by atoms with Crippen molar-refractivity contribution in [2.24, 2.45) is 0 Å². The Kier molecular flexibility index (Phi) is 4.62. The molecule has 3 nitrogen and oxygen atoms in total. The van der Waals surface area contributed by atoms with E-state index in [1.807, 2.05) is 25.1 Å². The Morgan fingerprint density at radius 3 is 2.80 bits per heavy atom. The van der Waals surface area contributed by atoms with Crippen LogP contribution in [0.5, 0.6) is 5.75 Å². The molecule has 4 heteroatoms. The molecule has 0 atom stereocenters. The van der Waals surface area contributed by atoms with Crippen LogP contribution in [-0.4, -0.2) is 12.5 Å². The number of carbonyl (C=O) groups is 1. The van der Waals surface area contributed by atoms with Gasteiger partial charge in [0.2, 0.25) is 5.91 Å². The molecule has 0 aromatic heterocycles. The molecule has 0 aliphatic heterocycles. The van der Waals surface area contributed by atoms with Gasteiger partial charge in [0, 0.05) is 23.5 Å². The average Bonchev–Trinajstić information content (AvgIpc) is 2.20. The Labute approximate surface area is 97.9 Å². The lowest BCUT2D eigenvalue weighted by Crippen LogP contribution is -2.06. The summed E-state index contributed by atoms with van der Waals surface area (Å²) in [4.78, 5) is 10.9. The van der Waals surface area contributed by atoms with Gasteiger partial charge in [0.05, 0.1) is 6.61 Å². The van der Waals surface area contributed by atoms with E-state index >= 15 is 0 Å². The van der Waals surface area contributed by atoms with E-state index in [1.165, 1.54) is 6.92 Å². The van der Waals surface area contributed by atoms with E-state index < -0.39 is 0 Å². The second-order valence-corrected chi connectivity index (χ2v) is 3.63. The number of hydrogen-bond donors (Lipinski definition) is 1. The predicted molar refractivity (Wildman–Crippen MR) is 64.5 cm³/mol. The van der Waals surface area contributed by atoms with E-state index in [0.717, 1.165) is 17.0 Å². The van der Waals surface area contributed by atoms with Gasteiger partial charge in [0.1, 0.15) is 5.75 Å². The summed E-state index contributed by atoms with van der Waals surface area (Å²) < 4.78 is 5.45. The maximum Gasteiger partial charge on any atom is 0.221 e. The number of carbonyl (C=O) groups excluding carboxylic acids is 1. The van der Waals surface area contributed by atoms with E-state index in [-0.39, 0.29) is 5.91 Å². The monoisotopic (exact) mass is 271 g/mol. The smallest absolute Gasteiger partial charge is 0.221 e. The Balaban J connectivity index is 2.91. The Bertz CT molecular complexity index is 352. The average molecular weight is 272 g/mol. The van der Waals surface area contributed by atoms with E-state index in [2.05, 4.69) is 21.2 Å². The lowest BCUT2D eigenvalue weighted by atomic mass is 10.2. The number of amides is 1. The van der Waals surface area contributed by atoms with Crippen molar-refractivity contribution in [3.63, 3.8) is 0 Å². The molecule has 1 rings (SSSR count). The van der Waals surface area contributed by atoms with Crippen LogP contribution in [0.4, 0.5) is 5.69 Å². The number of halogens is 1. The third-order valence-electron chi connectivity index (χ3n) is 1.82. The Hall–Kier alpha value is -1.03. The highest BCUT2D eigenvalue weighted by molar-refractivity contribution is 9.08. The van der Waals surface area contributed by atoms with Crippen molar-refractivity contribution in [3.8, 4) is 5.75 Å². The molecule has 0 fully saturated rings. The summed E-state index contributed by atoms with van der Waals surface area (Å²) in [5, 5.41) is 3.44. The Morgan fingerprint density at radius 1 is 1.53 bits per heavy atom. The minimum Gasteiger partial charge on any atom is -0.494 e. The quantitative estimate of drug-likeness (QED) is 0.856. The van der Waals surface area contributed by atoms with Crippen LogP contribution in [0.15, 0.2) is 18.2 Å². The fourth-order valence-electron chi connectivity index (χ4n) is 1.26. The fourth-order valence-corrected chi connectivity index (χ4v) is 1.70. The highest BCUT2D eigenvalue weighted by atomic mass is 79.9. The zero-order valence-electron chi connectivity index (χ0n) is 8.84. The molecule has 1 aromatic carbocycles. The molecule has 1 amide bonds. The van der Waals surface area contributed by atoms with Gasteiger partial charge < -0.3 is 10.1 Å². The molecule has 0 saturated carbocycles. The predicted octanol–water partition coefficient (Wildman–Crippen LogP) is 2.94.